The highest BCUT2D eigenvalue weighted by molar-refractivity contribution is 5.95. The lowest BCUT2D eigenvalue weighted by Crippen LogP contribution is -2.41. The number of hydrogen-bond donors (Lipinski definition) is 1. The molecule has 1 aliphatic heterocycles. The van der Waals surface area contributed by atoms with Crippen LogP contribution in [0, 0.1) is 0 Å². The number of nitrogens with zero attached hydrogens (tertiary/aromatic N) is 1. The number of carbonyl (C=O) groups excluding carboxylic acids is 2. The zero-order valence-corrected chi connectivity index (χ0v) is 13.4. The third kappa shape index (κ3) is 4.59. The summed E-state index contributed by atoms with van der Waals surface area (Å²) in [5.74, 6) is -0.0909. The van der Waals surface area contributed by atoms with Crippen LogP contribution in [0.25, 0.3) is 0 Å². The van der Waals surface area contributed by atoms with Crippen LogP contribution in [0.2, 0.25) is 0 Å². The van der Waals surface area contributed by atoms with E-state index in [-0.39, 0.29) is 24.5 Å². The van der Waals surface area contributed by atoms with Gasteiger partial charge >= 0.3 is 6.09 Å². The van der Waals surface area contributed by atoms with Gasteiger partial charge in [0.05, 0.1) is 18.3 Å². The minimum atomic E-state index is -0.505. The molecule has 0 aromatic carbocycles. The number of aromatic amines is 1. The summed E-state index contributed by atoms with van der Waals surface area (Å²) in [7, 11) is 0. The zero-order chi connectivity index (χ0) is 16.2. The van der Waals surface area contributed by atoms with Crippen LogP contribution in [-0.4, -0.2) is 53.2 Å². The number of hydrogen-bond acceptors (Lipinski definition) is 4. The summed E-state index contributed by atoms with van der Waals surface area (Å²) in [4.78, 5) is 28.5. The molecule has 122 valence electrons. The summed E-state index contributed by atoms with van der Waals surface area (Å²) < 4.78 is 10.9. The van der Waals surface area contributed by atoms with Crippen molar-refractivity contribution in [2.45, 2.75) is 45.3 Å². The van der Waals surface area contributed by atoms with Gasteiger partial charge in [-0.1, -0.05) is 0 Å². The number of carbonyl (C=O) groups is 2. The van der Waals surface area contributed by atoms with Crippen LogP contribution in [0.5, 0.6) is 0 Å². The molecule has 1 fully saturated rings. The van der Waals surface area contributed by atoms with Gasteiger partial charge in [-0.05, 0) is 45.7 Å². The number of aromatic nitrogens is 1. The first-order valence-corrected chi connectivity index (χ1v) is 7.61. The molecule has 0 spiro atoms. The Hall–Kier alpha value is -1.82. The van der Waals surface area contributed by atoms with Crippen molar-refractivity contribution in [1.29, 1.82) is 0 Å². The van der Waals surface area contributed by atoms with Gasteiger partial charge in [0, 0.05) is 12.7 Å². The second-order valence-corrected chi connectivity index (χ2v) is 6.49. The molecule has 2 heterocycles. The minimum absolute atomic E-state index is 0.0131. The first-order valence-electron chi connectivity index (χ1n) is 7.61. The number of amides is 1. The molecule has 1 N–H and O–H groups in total. The van der Waals surface area contributed by atoms with E-state index in [9.17, 15) is 9.59 Å². The van der Waals surface area contributed by atoms with Crippen LogP contribution in [0.1, 0.15) is 44.1 Å². The summed E-state index contributed by atoms with van der Waals surface area (Å²) in [6.07, 6.45) is 3.19. The highest BCUT2D eigenvalue weighted by Gasteiger charge is 2.32. The molecular weight excluding hydrogens is 284 g/mol. The topological polar surface area (TPSA) is 71.6 Å². The minimum Gasteiger partial charge on any atom is -0.444 e. The van der Waals surface area contributed by atoms with Crippen LogP contribution in [-0.2, 0) is 9.47 Å². The molecule has 2 rings (SSSR count). The molecule has 1 saturated heterocycles. The zero-order valence-electron chi connectivity index (χ0n) is 13.4. The molecule has 0 saturated carbocycles. The molecule has 1 aromatic rings. The molecule has 0 bridgehead atoms. The van der Waals surface area contributed by atoms with E-state index in [1.807, 2.05) is 20.8 Å². The lowest BCUT2D eigenvalue weighted by molar-refractivity contribution is 0.0115. The summed E-state index contributed by atoms with van der Waals surface area (Å²) in [6.45, 7) is 6.59. The molecule has 6 heteroatoms. The van der Waals surface area contributed by atoms with E-state index >= 15 is 0 Å². The molecular formula is C16H24N2O4. The molecule has 0 unspecified atom stereocenters. The molecule has 1 atom stereocenters. The number of likely N-dealkylation sites (tertiary alicyclic amines) is 1. The highest BCUT2D eigenvalue weighted by atomic mass is 16.6. The van der Waals surface area contributed by atoms with Gasteiger partial charge in [-0.2, -0.15) is 0 Å². The molecule has 22 heavy (non-hydrogen) atoms. The monoisotopic (exact) mass is 308 g/mol. The van der Waals surface area contributed by atoms with Gasteiger partial charge in [0.25, 0.3) is 0 Å². The van der Waals surface area contributed by atoms with Crippen molar-refractivity contribution in [3.63, 3.8) is 0 Å². The second-order valence-electron chi connectivity index (χ2n) is 6.49. The molecule has 0 radical (unpaired) electrons. The average molecular weight is 308 g/mol. The fourth-order valence-corrected chi connectivity index (χ4v) is 2.44. The number of nitrogens with one attached hydrogen (secondary N) is 1. The van der Waals surface area contributed by atoms with Crippen LogP contribution in [0.3, 0.4) is 0 Å². The first-order chi connectivity index (χ1) is 10.4. The summed E-state index contributed by atoms with van der Waals surface area (Å²) in [6, 6.07) is 3.47. The standard InChI is InChI=1S/C16H24N2O4/c1-16(2,3)22-15(20)18-9-5-6-12(18)10-21-11-14(19)13-7-4-8-17-13/h4,7-8,12,17H,5-6,9-11H2,1-3H3/t12-/m1/s1. The van der Waals surface area contributed by atoms with Crippen molar-refractivity contribution >= 4 is 11.9 Å². The fourth-order valence-electron chi connectivity index (χ4n) is 2.44. The lowest BCUT2D eigenvalue weighted by Gasteiger charge is -2.28. The average Bonchev–Trinajstić information content (AvgIpc) is 3.08. The lowest BCUT2D eigenvalue weighted by atomic mass is 10.2. The maximum Gasteiger partial charge on any atom is 0.410 e. The van der Waals surface area contributed by atoms with Crippen molar-refractivity contribution in [2.75, 3.05) is 19.8 Å². The van der Waals surface area contributed by atoms with E-state index in [1.54, 1.807) is 23.2 Å². The summed E-state index contributed by atoms with van der Waals surface area (Å²) in [5, 5.41) is 0. The van der Waals surface area contributed by atoms with Gasteiger partial charge in [0.2, 0.25) is 5.78 Å². The molecule has 1 aromatic heterocycles. The van der Waals surface area contributed by atoms with Gasteiger partial charge in [0.15, 0.2) is 0 Å². The number of ether oxygens (including phenoxy) is 2. The van der Waals surface area contributed by atoms with E-state index in [0.717, 1.165) is 12.8 Å². The Labute approximate surface area is 130 Å². The van der Waals surface area contributed by atoms with Crippen LogP contribution in [0.4, 0.5) is 4.79 Å². The predicted molar refractivity (Wildman–Crippen MR) is 81.9 cm³/mol. The molecule has 6 nitrogen and oxygen atoms in total. The van der Waals surface area contributed by atoms with Crippen LogP contribution >= 0.6 is 0 Å². The Morgan fingerprint density at radius 1 is 1.41 bits per heavy atom. The third-order valence-corrected chi connectivity index (χ3v) is 3.45. The van der Waals surface area contributed by atoms with E-state index in [2.05, 4.69) is 4.98 Å². The van der Waals surface area contributed by atoms with Crippen molar-refractivity contribution in [2.24, 2.45) is 0 Å². The second kappa shape index (κ2) is 6.96. The third-order valence-electron chi connectivity index (χ3n) is 3.45. The van der Waals surface area contributed by atoms with Crippen molar-refractivity contribution in [3.05, 3.63) is 24.0 Å². The van der Waals surface area contributed by atoms with Crippen molar-refractivity contribution in [1.82, 2.24) is 9.88 Å². The molecule has 1 aliphatic rings. The summed E-state index contributed by atoms with van der Waals surface area (Å²) >= 11 is 0. The molecule has 1 amide bonds. The van der Waals surface area contributed by atoms with E-state index < -0.39 is 5.60 Å². The van der Waals surface area contributed by atoms with Gasteiger partial charge in [-0.15, -0.1) is 0 Å². The van der Waals surface area contributed by atoms with Gasteiger partial charge in [-0.3, -0.25) is 4.79 Å². The van der Waals surface area contributed by atoms with Crippen LogP contribution in [0.15, 0.2) is 18.3 Å². The van der Waals surface area contributed by atoms with Crippen molar-refractivity contribution in [3.8, 4) is 0 Å². The smallest absolute Gasteiger partial charge is 0.410 e. The maximum absolute atomic E-state index is 12.1. The number of ketones is 1. The first kappa shape index (κ1) is 16.5. The Balaban J connectivity index is 1.79. The quantitative estimate of drug-likeness (QED) is 0.849. The Bertz CT molecular complexity index is 505. The van der Waals surface area contributed by atoms with Crippen LogP contribution < -0.4 is 0 Å². The van der Waals surface area contributed by atoms with E-state index in [4.69, 9.17) is 9.47 Å². The van der Waals surface area contributed by atoms with Crippen molar-refractivity contribution < 1.29 is 19.1 Å². The molecule has 0 aliphatic carbocycles. The normalized spacial score (nSPS) is 18.5. The SMILES string of the molecule is CC(C)(C)OC(=O)N1CCC[C@@H]1COCC(=O)c1ccc[nH]1. The fraction of sp³-hybridized carbons (Fsp3) is 0.625. The Kier molecular flexibility index (Phi) is 5.24. The predicted octanol–water partition coefficient (Wildman–Crippen LogP) is 2.61. The van der Waals surface area contributed by atoms with Gasteiger partial charge < -0.3 is 19.4 Å². The maximum atomic E-state index is 12.1. The largest absolute Gasteiger partial charge is 0.444 e. The highest BCUT2D eigenvalue weighted by Crippen LogP contribution is 2.21. The summed E-state index contributed by atoms with van der Waals surface area (Å²) in [5.41, 5.74) is 0.0321. The van der Waals surface area contributed by atoms with Gasteiger partial charge in [0.1, 0.15) is 12.2 Å². The van der Waals surface area contributed by atoms with E-state index in [0.29, 0.717) is 18.8 Å². The Morgan fingerprint density at radius 3 is 2.82 bits per heavy atom. The number of rotatable bonds is 5. The number of H-pyrrole nitrogens is 1. The Morgan fingerprint density at radius 2 is 2.18 bits per heavy atom. The van der Waals surface area contributed by atoms with E-state index in [1.165, 1.54) is 0 Å². The number of Topliss-reactive ketones (excluding diaryl/α,β-unsaturated/α-hetero) is 1. The van der Waals surface area contributed by atoms with Gasteiger partial charge in [-0.25, -0.2) is 4.79 Å².